The number of hydrogen-bond donors (Lipinski definition) is 2. The lowest BCUT2D eigenvalue weighted by atomic mass is 10.1. The van der Waals surface area contributed by atoms with Gasteiger partial charge in [0, 0.05) is 19.1 Å². The van der Waals surface area contributed by atoms with E-state index in [1.54, 1.807) is 0 Å². The molecule has 0 heterocycles. The molecule has 1 aromatic carbocycles. The molecular weight excluding hydrogens is 387 g/mol. The molecule has 1 aromatic rings. The van der Waals surface area contributed by atoms with Crippen molar-refractivity contribution < 1.29 is 0 Å². The third kappa shape index (κ3) is 8.58. The van der Waals surface area contributed by atoms with Crippen molar-refractivity contribution >= 4 is 29.9 Å². The summed E-state index contributed by atoms with van der Waals surface area (Å²) < 4.78 is 0. The van der Waals surface area contributed by atoms with Gasteiger partial charge in [-0.25, -0.2) is 4.99 Å². The highest BCUT2D eigenvalue weighted by atomic mass is 127. The van der Waals surface area contributed by atoms with Crippen LogP contribution in [0.1, 0.15) is 38.8 Å². The lowest BCUT2D eigenvalue weighted by molar-refractivity contribution is 0.345. The monoisotopic (exact) mass is 418 g/mol. The second-order valence-electron chi connectivity index (χ2n) is 5.64. The van der Waals surface area contributed by atoms with Gasteiger partial charge < -0.3 is 15.5 Å². The van der Waals surface area contributed by atoms with Gasteiger partial charge in [0.15, 0.2) is 5.96 Å². The Bertz CT molecular complexity index is 446. The number of halogens is 1. The largest absolute Gasteiger partial charge is 0.357 e. The average Bonchev–Trinajstić information content (AvgIpc) is 2.45. The Morgan fingerprint density at radius 2 is 1.91 bits per heavy atom. The standard InChI is InChI=1S/C17H30N4.HI/c1-6-18-17(20-14(3)4)19-12-15-9-8-10-16(11-15)13-21(5)7-2;/h8-11,14H,6-7,12-13H2,1-5H3,(H2,18,19,20);1H. The van der Waals surface area contributed by atoms with E-state index in [9.17, 15) is 0 Å². The predicted octanol–water partition coefficient (Wildman–Crippen LogP) is 3.22. The molecule has 0 fully saturated rings. The Kier molecular flexibility index (Phi) is 11.3. The molecule has 0 saturated heterocycles. The van der Waals surface area contributed by atoms with Crippen molar-refractivity contribution in [3.05, 3.63) is 35.4 Å². The van der Waals surface area contributed by atoms with Crippen LogP contribution < -0.4 is 10.6 Å². The summed E-state index contributed by atoms with van der Waals surface area (Å²) in [5, 5.41) is 6.61. The van der Waals surface area contributed by atoms with Gasteiger partial charge in [-0.15, -0.1) is 24.0 Å². The van der Waals surface area contributed by atoms with Gasteiger partial charge in [0.25, 0.3) is 0 Å². The minimum absolute atomic E-state index is 0. The zero-order valence-corrected chi connectivity index (χ0v) is 16.8. The van der Waals surface area contributed by atoms with E-state index in [1.165, 1.54) is 11.1 Å². The number of nitrogens with zero attached hydrogens (tertiary/aromatic N) is 2. The predicted molar refractivity (Wildman–Crippen MR) is 107 cm³/mol. The molecule has 0 aliphatic carbocycles. The highest BCUT2D eigenvalue weighted by Crippen LogP contribution is 2.08. The Balaban J connectivity index is 0.00000441. The molecule has 0 radical (unpaired) electrons. The maximum absolute atomic E-state index is 4.65. The van der Waals surface area contributed by atoms with Gasteiger partial charge in [0.1, 0.15) is 0 Å². The third-order valence-electron chi connectivity index (χ3n) is 3.17. The highest BCUT2D eigenvalue weighted by Gasteiger charge is 2.02. The van der Waals surface area contributed by atoms with Gasteiger partial charge in [-0.1, -0.05) is 31.2 Å². The van der Waals surface area contributed by atoms with Crippen LogP contribution in [-0.2, 0) is 13.1 Å². The number of nitrogens with one attached hydrogen (secondary N) is 2. The molecule has 22 heavy (non-hydrogen) atoms. The molecule has 2 N–H and O–H groups in total. The summed E-state index contributed by atoms with van der Waals surface area (Å²) in [5.41, 5.74) is 2.59. The zero-order chi connectivity index (χ0) is 15.7. The molecule has 0 saturated carbocycles. The molecule has 0 aliphatic heterocycles. The molecule has 5 heteroatoms. The van der Waals surface area contributed by atoms with E-state index < -0.39 is 0 Å². The minimum atomic E-state index is 0. The van der Waals surface area contributed by atoms with Crippen LogP contribution in [0.5, 0.6) is 0 Å². The first-order valence-electron chi connectivity index (χ1n) is 7.86. The lowest BCUT2D eigenvalue weighted by Crippen LogP contribution is -2.41. The summed E-state index contributed by atoms with van der Waals surface area (Å²) in [6.45, 7) is 12.1. The van der Waals surface area contributed by atoms with Crippen LogP contribution in [0.15, 0.2) is 29.3 Å². The van der Waals surface area contributed by atoms with Crippen LogP contribution in [0, 0.1) is 0 Å². The van der Waals surface area contributed by atoms with Crippen molar-refractivity contribution in [2.45, 2.75) is 46.8 Å². The first kappa shape index (κ1) is 21.2. The fourth-order valence-corrected chi connectivity index (χ4v) is 2.01. The summed E-state index contributed by atoms with van der Waals surface area (Å²) in [4.78, 5) is 6.94. The quantitative estimate of drug-likeness (QED) is 0.406. The Morgan fingerprint density at radius 3 is 2.50 bits per heavy atom. The van der Waals surface area contributed by atoms with E-state index in [2.05, 4.69) is 79.5 Å². The van der Waals surface area contributed by atoms with Crippen LogP contribution >= 0.6 is 24.0 Å². The van der Waals surface area contributed by atoms with Crippen LogP contribution in [-0.4, -0.2) is 37.0 Å². The number of hydrogen-bond acceptors (Lipinski definition) is 2. The van der Waals surface area contributed by atoms with Crippen molar-refractivity contribution in [3.63, 3.8) is 0 Å². The number of rotatable bonds is 7. The maximum atomic E-state index is 4.65. The van der Waals surface area contributed by atoms with Crippen LogP contribution in [0.2, 0.25) is 0 Å². The Labute approximate surface area is 152 Å². The molecule has 4 nitrogen and oxygen atoms in total. The van der Waals surface area contributed by atoms with Gasteiger partial charge in [0.05, 0.1) is 6.54 Å². The van der Waals surface area contributed by atoms with E-state index >= 15 is 0 Å². The van der Waals surface area contributed by atoms with Gasteiger partial charge in [-0.2, -0.15) is 0 Å². The molecule has 0 spiro atoms. The minimum Gasteiger partial charge on any atom is -0.357 e. The highest BCUT2D eigenvalue weighted by molar-refractivity contribution is 14.0. The van der Waals surface area contributed by atoms with Gasteiger partial charge in [-0.05, 0) is 45.5 Å². The molecule has 0 bridgehead atoms. The van der Waals surface area contributed by atoms with Gasteiger partial charge in [0.2, 0.25) is 0 Å². The van der Waals surface area contributed by atoms with E-state index in [0.717, 1.165) is 25.6 Å². The average molecular weight is 418 g/mol. The van der Waals surface area contributed by atoms with Crippen molar-refractivity contribution in [2.24, 2.45) is 4.99 Å². The van der Waals surface area contributed by atoms with Crippen LogP contribution in [0.4, 0.5) is 0 Å². The molecule has 0 aliphatic rings. The normalized spacial score (nSPS) is 11.5. The molecular formula is C17H31IN4. The topological polar surface area (TPSA) is 39.7 Å². The lowest BCUT2D eigenvalue weighted by Gasteiger charge is -2.15. The fraction of sp³-hybridized carbons (Fsp3) is 0.588. The van der Waals surface area contributed by atoms with E-state index in [-0.39, 0.29) is 24.0 Å². The summed E-state index contributed by atoms with van der Waals surface area (Å²) >= 11 is 0. The third-order valence-corrected chi connectivity index (χ3v) is 3.17. The molecule has 0 unspecified atom stereocenters. The van der Waals surface area contributed by atoms with Crippen LogP contribution in [0.25, 0.3) is 0 Å². The van der Waals surface area contributed by atoms with Crippen molar-refractivity contribution in [3.8, 4) is 0 Å². The van der Waals surface area contributed by atoms with E-state index in [0.29, 0.717) is 12.6 Å². The maximum Gasteiger partial charge on any atom is 0.191 e. The second kappa shape index (κ2) is 11.7. The summed E-state index contributed by atoms with van der Waals surface area (Å²) in [6.07, 6.45) is 0. The molecule has 0 aromatic heterocycles. The fourth-order valence-electron chi connectivity index (χ4n) is 2.01. The first-order chi connectivity index (χ1) is 10.0. The second-order valence-corrected chi connectivity index (χ2v) is 5.64. The van der Waals surface area contributed by atoms with E-state index in [4.69, 9.17) is 0 Å². The van der Waals surface area contributed by atoms with Crippen molar-refractivity contribution in [1.82, 2.24) is 15.5 Å². The molecule has 0 atom stereocenters. The molecule has 126 valence electrons. The van der Waals surface area contributed by atoms with Gasteiger partial charge >= 0.3 is 0 Å². The summed E-state index contributed by atoms with van der Waals surface area (Å²) in [7, 11) is 2.14. The smallest absolute Gasteiger partial charge is 0.191 e. The summed E-state index contributed by atoms with van der Waals surface area (Å²) in [5.74, 6) is 0.878. The number of guanidine groups is 1. The van der Waals surface area contributed by atoms with Crippen LogP contribution in [0.3, 0.4) is 0 Å². The Morgan fingerprint density at radius 1 is 1.23 bits per heavy atom. The SMILES string of the molecule is CCNC(=NCc1cccc(CN(C)CC)c1)NC(C)C.I. The van der Waals surface area contributed by atoms with Crippen molar-refractivity contribution in [1.29, 1.82) is 0 Å². The van der Waals surface area contributed by atoms with E-state index in [1.807, 2.05) is 0 Å². The Hall–Kier alpha value is -0.820. The van der Waals surface area contributed by atoms with Crippen molar-refractivity contribution in [2.75, 3.05) is 20.1 Å². The number of benzene rings is 1. The molecule has 1 rings (SSSR count). The first-order valence-corrected chi connectivity index (χ1v) is 7.86. The summed E-state index contributed by atoms with van der Waals surface area (Å²) in [6, 6.07) is 9.06. The van der Waals surface area contributed by atoms with Gasteiger partial charge in [-0.3, -0.25) is 0 Å². The zero-order valence-electron chi connectivity index (χ0n) is 14.5. The number of aliphatic imine (C=N–C) groups is 1. The molecule has 0 amide bonds.